The van der Waals surface area contributed by atoms with Gasteiger partial charge in [-0.3, -0.25) is 4.57 Å². The van der Waals surface area contributed by atoms with Crippen molar-refractivity contribution in [2.24, 2.45) is 0 Å². The highest BCUT2D eigenvalue weighted by Gasteiger charge is 2.25. The van der Waals surface area contributed by atoms with Crippen molar-refractivity contribution in [1.29, 1.82) is 0 Å². The van der Waals surface area contributed by atoms with E-state index in [0.717, 1.165) is 41.3 Å². The van der Waals surface area contributed by atoms with E-state index >= 15 is 0 Å². The van der Waals surface area contributed by atoms with E-state index in [0.29, 0.717) is 0 Å². The van der Waals surface area contributed by atoms with E-state index < -0.39 is 0 Å². The third-order valence-corrected chi connectivity index (χ3v) is 10.5. The van der Waals surface area contributed by atoms with Crippen molar-refractivity contribution in [3.05, 3.63) is 125 Å². The molecule has 8 aromatic rings. The highest BCUT2D eigenvalue weighted by molar-refractivity contribution is 7.26. The first-order valence-corrected chi connectivity index (χ1v) is 15.6. The molecule has 2 aliphatic rings. The Morgan fingerprint density at radius 2 is 1.10 bits per heavy atom. The fraction of sp³-hybridized carbons (Fsp3) is 0.105. The second-order valence-electron chi connectivity index (χ2n) is 11.7. The number of fused-ring (bicyclic) bond motifs is 9. The van der Waals surface area contributed by atoms with E-state index in [9.17, 15) is 0 Å². The molecule has 3 nitrogen and oxygen atoms in total. The lowest BCUT2D eigenvalue weighted by Gasteiger charge is -2.19. The van der Waals surface area contributed by atoms with Gasteiger partial charge in [0.1, 0.15) is 0 Å². The van der Waals surface area contributed by atoms with Crippen molar-refractivity contribution >= 4 is 53.3 Å². The minimum absolute atomic E-state index is 0.720. The highest BCUT2D eigenvalue weighted by Crippen LogP contribution is 2.46. The minimum Gasteiger partial charge on any atom is -0.278 e. The molecule has 0 atom stereocenters. The largest absolute Gasteiger partial charge is 0.278 e. The number of benzene rings is 5. The monoisotopic (exact) mass is 555 g/mol. The van der Waals surface area contributed by atoms with Gasteiger partial charge in [-0.2, -0.15) is 0 Å². The predicted molar refractivity (Wildman–Crippen MR) is 175 cm³/mol. The topological polar surface area (TPSA) is 30.7 Å². The Kier molecular flexibility index (Phi) is 4.55. The lowest BCUT2D eigenvalue weighted by atomic mass is 9.86. The van der Waals surface area contributed by atoms with Crippen LogP contribution in [0.3, 0.4) is 0 Å². The molecule has 0 radical (unpaired) electrons. The highest BCUT2D eigenvalue weighted by atomic mass is 32.1. The van der Waals surface area contributed by atoms with Crippen LogP contribution in [-0.4, -0.2) is 14.5 Å². The Balaban J connectivity index is 1.34. The van der Waals surface area contributed by atoms with Crippen LogP contribution in [-0.2, 0) is 25.7 Å². The van der Waals surface area contributed by atoms with Gasteiger partial charge in [-0.1, -0.05) is 60.7 Å². The standard InChI is InChI=1S/C38H25N3S/c1-3-7-22(8-4-1)30-21-31(23-9-5-2-6-10-23)40-38(39-30)41-32-15-16-34-37(29-18-25-12-14-27(25)20-35(29)42-34)36(32)28-17-24-11-13-26(24)19-33(28)41/h1-10,15-21H,11-14H2. The smallest absolute Gasteiger partial charge is 0.235 e. The third-order valence-electron chi connectivity index (χ3n) is 9.39. The molecule has 0 saturated heterocycles. The van der Waals surface area contributed by atoms with Gasteiger partial charge in [0.15, 0.2) is 0 Å². The summed E-state index contributed by atoms with van der Waals surface area (Å²) in [6.45, 7) is 0. The van der Waals surface area contributed by atoms with E-state index in [2.05, 4.69) is 108 Å². The van der Waals surface area contributed by atoms with Gasteiger partial charge in [0.25, 0.3) is 0 Å². The first-order chi connectivity index (χ1) is 20.8. The maximum Gasteiger partial charge on any atom is 0.235 e. The molecule has 4 heteroatoms. The third kappa shape index (κ3) is 3.16. The molecule has 2 aliphatic carbocycles. The average molecular weight is 556 g/mol. The molecule has 0 spiro atoms. The number of hydrogen-bond donors (Lipinski definition) is 0. The Morgan fingerprint density at radius 3 is 1.74 bits per heavy atom. The molecule has 0 aliphatic heterocycles. The van der Waals surface area contributed by atoms with Crippen molar-refractivity contribution in [2.75, 3.05) is 0 Å². The lowest BCUT2D eigenvalue weighted by molar-refractivity contribution is 0.842. The van der Waals surface area contributed by atoms with Crippen molar-refractivity contribution < 1.29 is 0 Å². The quantitative estimate of drug-likeness (QED) is 0.217. The van der Waals surface area contributed by atoms with E-state index in [-0.39, 0.29) is 0 Å². The zero-order valence-corrected chi connectivity index (χ0v) is 23.7. The van der Waals surface area contributed by atoms with Crippen LogP contribution in [0.15, 0.2) is 103 Å². The van der Waals surface area contributed by atoms with E-state index in [4.69, 9.17) is 9.97 Å². The maximum absolute atomic E-state index is 5.26. The summed E-state index contributed by atoms with van der Waals surface area (Å²) in [5, 5.41) is 5.42. The number of thiophene rings is 1. The minimum atomic E-state index is 0.720. The van der Waals surface area contributed by atoms with Crippen LogP contribution < -0.4 is 0 Å². The molecule has 0 N–H and O–H groups in total. The molecule has 3 aromatic heterocycles. The number of rotatable bonds is 3. The van der Waals surface area contributed by atoms with Gasteiger partial charge < -0.3 is 0 Å². The van der Waals surface area contributed by atoms with E-state index in [1.807, 2.05) is 11.3 Å². The Morgan fingerprint density at radius 1 is 0.500 bits per heavy atom. The molecular weight excluding hydrogens is 531 g/mol. The van der Waals surface area contributed by atoms with Crippen molar-refractivity contribution in [3.8, 4) is 28.5 Å². The molecule has 3 heterocycles. The fourth-order valence-corrected chi connectivity index (χ4v) is 8.18. The molecule has 5 aromatic carbocycles. The van der Waals surface area contributed by atoms with E-state index in [1.54, 1.807) is 0 Å². The first-order valence-electron chi connectivity index (χ1n) is 14.8. The van der Waals surface area contributed by atoms with Gasteiger partial charge in [-0.05, 0) is 90.4 Å². The van der Waals surface area contributed by atoms with Crippen molar-refractivity contribution in [1.82, 2.24) is 14.5 Å². The average Bonchev–Trinajstić information content (AvgIpc) is 3.54. The number of hydrogen-bond acceptors (Lipinski definition) is 3. The zero-order chi connectivity index (χ0) is 27.4. The van der Waals surface area contributed by atoms with Crippen LogP contribution in [0.25, 0.3) is 70.4 Å². The molecule has 10 rings (SSSR count). The number of nitrogens with zero attached hydrogens (tertiary/aromatic N) is 3. The van der Waals surface area contributed by atoms with Gasteiger partial charge >= 0.3 is 0 Å². The summed E-state index contributed by atoms with van der Waals surface area (Å²) in [7, 11) is 0. The zero-order valence-electron chi connectivity index (χ0n) is 22.9. The summed E-state index contributed by atoms with van der Waals surface area (Å²) in [5.74, 6) is 0.720. The number of aryl methyl sites for hydroxylation is 4. The summed E-state index contributed by atoms with van der Waals surface area (Å²) in [6.07, 6.45) is 4.69. The molecule has 0 saturated carbocycles. The van der Waals surface area contributed by atoms with Crippen molar-refractivity contribution in [2.45, 2.75) is 25.7 Å². The first kappa shape index (κ1) is 22.8. The Bertz CT molecular complexity index is 2340. The maximum atomic E-state index is 5.26. The van der Waals surface area contributed by atoms with Gasteiger partial charge in [0.05, 0.1) is 22.4 Å². The Labute approximate surface area is 246 Å². The lowest BCUT2D eigenvalue weighted by Crippen LogP contribution is -2.09. The van der Waals surface area contributed by atoms with Crippen molar-refractivity contribution in [3.63, 3.8) is 0 Å². The second kappa shape index (κ2) is 8.37. The van der Waals surface area contributed by atoms with Crippen LogP contribution in [0.5, 0.6) is 0 Å². The van der Waals surface area contributed by atoms with Gasteiger partial charge in [0.2, 0.25) is 5.95 Å². The predicted octanol–water partition coefficient (Wildman–Crippen LogP) is 9.47. The van der Waals surface area contributed by atoms with Gasteiger partial charge in [0, 0.05) is 42.1 Å². The van der Waals surface area contributed by atoms with Crippen LogP contribution >= 0.6 is 11.3 Å². The molecule has 0 unspecified atom stereocenters. The molecule has 0 fully saturated rings. The normalized spacial score (nSPS) is 13.8. The molecule has 0 bridgehead atoms. The summed E-state index contributed by atoms with van der Waals surface area (Å²) < 4.78 is 5.08. The van der Waals surface area contributed by atoms with Gasteiger partial charge in [-0.15, -0.1) is 11.3 Å². The van der Waals surface area contributed by atoms with Crippen LogP contribution in [0.4, 0.5) is 0 Å². The molecule has 0 amide bonds. The summed E-state index contributed by atoms with van der Waals surface area (Å²) in [4.78, 5) is 10.5. The molecule has 198 valence electrons. The summed E-state index contributed by atoms with van der Waals surface area (Å²) in [5.41, 5.74) is 12.4. The second-order valence-corrected chi connectivity index (χ2v) is 12.8. The van der Waals surface area contributed by atoms with Crippen LogP contribution in [0.1, 0.15) is 22.3 Å². The molecular formula is C38H25N3S. The summed E-state index contributed by atoms with van der Waals surface area (Å²) in [6, 6.07) is 37.4. The Hall–Kier alpha value is -4.80. The van der Waals surface area contributed by atoms with Gasteiger partial charge in [-0.25, -0.2) is 9.97 Å². The number of aromatic nitrogens is 3. The summed E-state index contributed by atoms with van der Waals surface area (Å²) >= 11 is 1.93. The molecule has 42 heavy (non-hydrogen) atoms. The van der Waals surface area contributed by atoms with Crippen LogP contribution in [0, 0.1) is 0 Å². The van der Waals surface area contributed by atoms with Crippen LogP contribution in [0.2, 0.25) is 0 Å². The fourth-order valence-electron chi connectivity index (χ4n) is 7.02. The van der Waals surface area contributed by atoms with E-state index in [1.165, 1.54) is 77.1 Å². The SMILES string of the molecule is c1ccc(-c2cc(-c3ccccc3)nc(-n3c4cc5c(cc4c4c6c(ccc43)sc3cc4c(cc36)CC4)CC5)n2)cc1.